The van der Waals surface area contributed by atoms with Crippen LogP contribution in [0.3, 0.4) is 0 Å². The van der Waals surface area contributed by atoms with E-state index < -0.39 is 66.3 Å². The molecule has 15 heteroatoms. The Kier molecular flexibility index (Phi) is 14.7. The Labute approximate surface area is 369 Å². The van der Waals surface area contributed by atoms with Crippen LogP contribution in [0.2, 0.25) is 0 Å². The van der Waals surface area contributed by atoms with E-state index >= 15 is 0 Å². The van der Waals surface area contributed by atoms with Crippen LogP contribution in [0.5, 0.6) is 5.75 Å². The summed E-state index contributed by atoms with van der Waals surface area (Å²) < 4.78 is 5.78. The zero-order chi connectivity index (χ0) is 44.8. The fourth-order valence-electron chi connectivity index (χ4n) is 7.55. The molecule has 328 valence electrons. The number of aromatic nitrogens is 2. The number of carbonyl (C=O) groups is 6. The number of ether oxygens (including phenoxy) is 1. The highest BCUT2D eigenvalue weighted by molar-refractivity contribution is 5.96. The molecule has 64 heavy (non-hydrogen) atoms. The number of H-pyrrole nitrogens is 1. The van der Waals surface area contributed by atoms with E-state index in [2.05, 4.69) is 36.6 Å². The van der Waals surface area contributed by atoms with E-state index in [0.717, 1.165) is 27.6 Å². The third kappa shape index (κ3) is 12.2. The Hall–Kier alpha value is -7.81. The van der Waals surface area contributed by atoms with Gasteiger partial charge in [0.05, 0.1) is 0 Å². The molecule has 8 rings (SSSR count). The standard InChI is InChI=1S/C49H49N7O8/c57-44-30-64-37-18-14-32(15-19-37)25-40(46(60)51-22-6-11-45(58)59)54-49(63)43(28-36-29-52-39-10-5-4-9-38(36)39)56-48(62)42(55-47(61)41(53-44)27-33-20-23-50-24-21-33)26-31-12-16-35(17-13-31)34-7-2-1-3-8-34/h1-5,7-10,12-21,23-24,29,40-43,52H,6,11,22,25-28,30H2,(H,51,60)(H,53,57)(H,54,63)(H,55,61)(H,56,62)(H,58,59)/t40-,41+,42-,43+/m1/s1. The second-order valence-corrected chi connectivity index (χ2v) is 15.6. The van der Waals surface area contributed by atoms with Crippen molar-refractivity contribution in [2.45, 2.75) is 62.7 Å². The maximum atomic E-state index is 14.7. The first kappa shape index (κ1) is 44.3. The number of hydrogen-bond donors (Lipinski definition) is 7. The SMILES string of the molecule is O=C(O)CCCNC(=O)[C@H]1Cc2ccc(cc2)OCC(=O)N[C@@H](Cc2ccncc2)C(=O)N[C@H](Cc2ccc(-c3ccccc3)cc2)C(=O)N[C@@H](Cc2c[nH]c3ccccc23)C(=O)N1. The fourth-order valence-corrected chi connectivity index (χ4v) is 7.55. The van der Waals surface area contributed by atoms with E-state index in [1.54, 1.807) is 55.0 Å². The van der Waals surface area contributed by atoms with Gasteiger partial charge < -0.3 is 41.4 Å². The summed E-state index contributed by atoms with van der Waals surface area (Å²) in [5, 5.41) is 24.1. The first-order chi connectivity index (χ1) is 31.1. The third-order valence-electron chi connectivity index (χ3n) is 10.9. The molecule has 0 radical (unpaired) electrons. The second-order valence-electron chi connectivity index (χ2n) is 15.6. The molecule has 2 aromatic heterocycles. The molecule has 0 fully saturated rings. The van der Waals surface area contributed by atoms with Crippen LogP contribution >= 0.6 is 0 Å². The monoisotopic (exact) mass is 863 g/mol. The fraction of sp³-hybridized carbons (Fsp3) is 0.245. The van der Waals surface area contributed by atoms with E-state index in [1.807, 2.05) is 78.9 Å². The van der Waals surface area contributed by atoms with Gasteiger partial charge in [-0.3, -0.25) is 33.8 Å². The van der Waals surface area contributed by atoms with Gasteiger partial charge in [-0.1, -0.05) is 84.9 Å². The molecule has 4 heterocycles. The Morgan fingerprint density at radius 3 is 1.98 bits per heavy atom. The van der Waals surface area contributed by atoms with Gasteiger partial charge in [-0.15, -0.1) is 0 Å². The average molecular weight is 864 g/mol. The van der Waals surface area contributed by atoms with E-state index in [1.165, 1.54) is 0 Å². The Bertz CT molecular complexity index is 2570. The van der Waals surface area contributed by atoms with E-state index in [4.69, 9.17) is 9.84 Å². The number of rotatable bonds is 12. The number of carbonyl (C=O) groups excluding carboxylic acids is 5. The van der Waals surface area contributed by atoms with Crippen molar-refractivity contribution in [3.8, 4) is 16.9 Å². The molecule has 7 N–H and O–H groups in total. The summed E-state index contributed by atoms with van der Waals surface area (Å²) in [5.74, 6) is -3.79. The van der Waals surface area contributed by atoms with Crippen molar-refractivity contribution in [1.82, 2.24) is 36.6 Å². The Balaban J connectivity index is 1.24. The highest BCUT2D eigenvalue weighted by Gasteiger charge is 2.33. The Morgan fingerprint density at radius 1 is 0.672 bits per heavy atom. The topological polar surface area (TPSA) is 221 Å². The number of aromatic amines is 1. The largest absolute Gasteiger partial charge is 0.484 e. The molecule has 0 saturated carbocycles. The van der Waals surface area contributed by atoms with Crippen LogP contribution in [0.25, 0.3) is 22.0 Å². The Morgan fingerprint density at radius 2 is 1.28 bits per heavy atom. The third-order valence-corrected chi connectivity index (χ3v) is 10.9. The number of carboxylic acids is 1. The lowest BCUT2D eigenvalue weighted by Gasteiger charge is -2.27. The average Bonchev–Trinajstić information content (AvgIpc) is 3.72. The van der Waals surface area contributed by atoms with Crippen LogP contribution in [0.15, 0.2) is 134 Å². The van der Waals surface area contributed by atoms with Crippen LogP contribution in [-0.4, -0.2) is 87.9 Å². The minimum absolute atomic E-state index is 0.00768. The molecular weight excluding hydrogens is 815 g/mol. The van der Waals surface area contributed by atoms with Gasteiger partial charge in [-0.2, -0.15) is 0 Å². The molecule has 2 aliphatic rings. The molecule has 0 spiro atoms. The summed E-state index contributed by atoms with van der Waals surface area (Å²) in [4.78, 5) is 89.3. The van der Waals surface area contributed by atoms with Crippen LogP contribution in [0.1, 0.15) is 35.1 Å². The maximum absolute atomic E-state index is 14.7. The molecule has 5 amide bonds. The number of nitrogens with one attached hydrogen (secondary N) is 6. The summed E-state index contributed by atoms with van der Waals surface area (Å²) in [7, 11) is 0. The molecule has 4 atom stereocenters. The number of amides is 5. The molecular formula is C49H49N7O8. The van der Waals surface area contributed by atoms with Gasteiger partial charge in [-0.05, 0) is 70.1 Å². The van der Waals surface area contributed by atoms with Crippen molar-refractivity contribution >= 4 is 46.4 Å². The van der Waals surface area contributed by atoms with Gasteiger partial charge >= 0.3 is 5.97 Å². The zero-order valence-electron chi connectivity index (χ0n) is 34.9. The highest BCUT2D eigenvalue weighted by Crippen LogP contribution is 2.22. The first-order valence-electron chi connectivity index (χ1n) is 21.1. The van der Waals surface area contributed by atoms with Crippen molar-refractivity contribution in [2.24, 2.45) is 0 Å². The predicted octanol–water partition coefficient (Wildman–Crippen LogP) is 3.81. The predicted molar refractivity (Wildman–Crippen MR) is 239 cm³/mol. The van der Waals surface area contributed by atoms with Gasteiger partial charge in [0, 0.05) is 68.1 Å². The van der Waals surface area contributed by atoms with E-state index in [9.17, 15) is 28.8 Å². The van der Waals surface area contributed by atoms with Gasteiger partial charge in [-0.25, -0.2) is 0 Å². The highest BCUT2D eigenvalue weighted by atomic mass is 16.5. The minimum Gasteiger partial charge on any atom is -0.484 e. The number of para-hydroxylation sites is 1. The first-order valence-corrected chi connectivity index (χ1v) is 21.1. The van der Waals surface area contributed by atoms with Crippen molar-refractivity contribution < 1.29 is 38.6 Å². The lowest BCUT2D eigenvalue weighted by atomic mass is 9.98. The number of benzene rings is 4. The van der Waals surface area contributed by atoms with Gasteiger partial charge in [0.25, 0.3) is 5.91 Å². The zero-order valence-corrected chi connectivity index (χ0v) is 34.9. The summed E-state index contributed by atoms with van der Waals surface area (Å²) in [6, 6.07) is 30.2. The summed E-state index contributed by atoms with van der Waals surface area (Å²) in [6.45, 7) is -0.373. The van der Waals surface area contributed by atoms with Gasteiger partial charge in [0.2, 0.25) is 23.6 Å². The van der Waals surface area contributed by atoms with Crippen molar-refractivity contribution in [3.63, 3.8) is 0 Å². The summed E-state index contributed by atoms with van der Waals surface area (Å²) in [6.07, 6.45) is 5.05. The van der Waals surface area contributed by atoms with Crippen LogP contribution in [-0.2, 0) is 54.5 Å². The molecule has 0 saturated heterocycles. The molecule has 15 nitrogen and oxygen atoms in total. The lowest BCUT2D eigenvalue weighted by Crippen LogP contribution is -2.59. The molecule has 6 aromatic rings. The number of hydrogen-bond acceptors (Lipinski definition) is 8. The maximum Gasteiger partial charge on any atom is 0.303 e. The molecule has 4 aromatic carbocycles. The second kappa shape index (κ2) is 21.3. The van der Waals surface area contributed by atoms with E-state index in [0.29, 0.717) is 22.4 Å². The number of fused-ring (bicyclic) bond motifs is 17. The molecule has 0 aliphatic carbocycles. The van der Waals surface area contributed by atoms with Crippen molar-refractivity contribution in [2.75, 3.05) is 13.2 Å². The van der Waals surface area contributed by atoms with Crippen LogP contribution in [0.4, 0.5) is 0 Å². The molecule has 0 unspecified atom stereocenters. The summed E-state index contributed by atoms with van der Waals surface area (Å²) >= 11 is 0. The van der Waals surface area contributed by atoms with Gasteiger partial charge in [0.15, 0.2) is 6.61 Å². The number of aliphatic carboxylic acids is 1. The minimum atomic E-state index is -1.25. The van der Waals surface area contributed by atoms with Crippen molar-refractivity contribution in [1.29, 1.82) is 0 Å². The quantitative estimate of drug-likeness (QED) is 0.0702. The smallest absolute Gasteiger partial charge is 0.303 e. The van der Waals surface area contributed by atoms with Crippen LogP contribution < -0.4 is 31.3 Å². The summed E-state index contributed by atoms with van der Waals surface area (Å²) in [5.41, 5.74) is 5.55. The lowest BCUT2D eigenvalue weighted by molar-refractivity contribution is -0.137. The van der Waals surface area contributed by atoms with Crippen LogP contribution in [0, 0.1) is 0 Å². The number of carboxylic acid groups (broad SMARTS) is 1. The number of pyridine rings is 1. The van der Waals surface area contributed by atoms with E-state index in [-0.39, 0.29) is 45.1 Å². The number of nitrogens with zero attached hydrogens (tertiary/aromatic N) is 1. The van der Waals surface area contributed by atoms with Crippen molar-refractivity contribution in [3.05, 3.63) is 156 Å². The molecule has 2 bridgehead atoms. The van der Waals surface area contributed by atoms with Gasteiger partial charge in [0.1, 0.15) is 29.9 Å². The molecule has 2 aliphatic heterocycles. The normalized spacial score (nSPS) is 18.6.